The summed E-state index contributed by atoms with van der Waals surface area (Å²) in [7, 11) is 0. The van der Waals surface area contributed by atoms with Gasteiger partial charge in [-0.15, -0.1) is 0 Å². The average molecular weight is 844 g/mol. The zero-order chi connectivity index (χ0) is 31.2. The van der Waals surface area contributed by atoms with Gasteiger partial charge >= 0.3 is 0 Å². The smallest absolute Gasteiger partial charge is 0.123 e. The molecule has 0 aliphatic heterocycles. The van der Waals surface area contributed by atoms with E-state index in [1.165, 1.54) is 150 Å². The molecule has 248 valence electrons. The van der Waals surface area contributed by atoms with Crippen molar-refractivity contribution in [1.82, 2.24) is 9.13 Å². The van der Waals surface area contributed by atoms with Gasteiger partial charge in [-0.05, 0) is 151 Å². The summed E-state index contributed by atoms with van der Waals surface area (Å²) in [5, 5.41) is 1.69. The first kappa shape index (κ1) is 36.0. The van der Waals surface area contributed by atoms with Crippen LogP contribution >= 0.6 is 38.7 Å². The molecule has 3 fully saturated rings. The van der Waals surface area contributed by atoms with Crippen LogP contribution in [-0.4, -0.2) is 26.1 Å². The largest absolute Gasteiger partial charge is 0.287 e. The van der Waals surface area contributed by atoms with E-state index in [0.717, 1.165) is 17.0 Å². The molecule has 0 bridgehead atoms. The van der Waals surface area contributed by atoms with E-state index >= 15 is 0 Å². The van der Waals surface area contributed by atoms with Crippen LogP contribution in [-0.2, 0) is 19.5 Å². The van der Waals surface area contributed by atoms with E-state index in [2.05, 4.69) is 107 Å². The van der Waals surface area contributed by atoms with Crippen LogP contribution in [0, 0.1) is 46.7 Å². The molecule has 3 aromatic rings. The normalized spacial score (nSPS) is 19.1. The van der Waals surface area contributed by atoms with Crippen molar-refractivity contribution in [3.05, 3.63) is 72.1 Å². The van der Waals surface area contributed by atoms with Crippen molar-refractivity contribution >= 4 is 38.7 Å². The number of hydrogen-bond acceptors (Lipinski definition) is 0. The predicted molar refractivity (Wildman–Crippen MR) is 200 cm³/mol. The molecule has 3 aliphatic carbocycles. The molecule has 45 heavy (non-hydrogen) atoms. The maximum Gasteiger partial charge on any atom is 0.123 e. The second-order valence-corrected chi connectivity index (χ2v) is 20.5. The van der Waals surface area contributed by atoms with Gasteiger partial charge in [-0.3, -0.25) is 9.13 Å². The molecule has 0 radical (unpaired) electrons. The minimum Gasteiger partial charge on any atom is -0.287 e. The van der Waals surface area contributed by atoms with E-state index in [4.69, 9.17) is 0 Å². The first-order chi connectivity index (χ1) is 21.2. The number of imidazole rings is 1. The van der Waals surface area contributed by atoms with E-state index in [1.807, 2.05) is 0 Å². The molecule has 2 aromatic carbocycles. The minimum atomic E-state index is -1.72. The van der Waals surface area contributed by atoms with Gasteiger partial charge in [0.25, 0.3) is 0 Å². The van der Waals surface area contributed by atoms with Crippen molar-refractivity contribution in [1.29, 1.82) is 0 Å². The van der Waals surface area contributed by atoms with E-state index < -0.39 is 6.89 Å². The third-order valence-corrected chi connectivity index (χ3v) is 19.8. The second kappa shape index (κ2) is 15.1. The van der Waals surface area contributed by atoms with Crippen molar-refractivity contribution in [2.45, 2.75) is 155 Å². The summed E-state index contributed by atoms with van der Waals surface area (Å²) in [4.78, 5) is 0. The van der Waals surface area contributed by atoms with Gasteiger partial charge in [-0.25, -0.2) is 0 Å². The topological polar surface area (TPSA) is 9.86 Å². The van der Waals surface area contributed by atoms with Gasteiger partial charge in [0.2, 0.25) is 0 Å². The molecule has 3 saturated carbocycles. The molecule has 2 nitrogen and oxygen atoms in total. The number of aryl methyl sites for hydroxylation is 6. The molecule has 0 N–H and O–H groups in total. The monoisotopic (exact) mass is 842 g/mol. The Morgan fingerprint density at radius 2 is 0.756 bits per heavy atom. The maximum atomic E-state index is 4.31. The molecule has 0 atom stereocenters. The Labute approximate surface area is 303 Å². The van der Waals surface area contributed by atoms with Crippen molar-refractivity contribution < 1.29 is 19.5 Å². The van der Waals surface area contributed by atoms with Crippen LogP contribution in [0.25, 0.3) is 11.4 Å². The van der Waals surface area contributed by atoms with E-state index in [1.54, 1.807) is 5.20 Å². The summed E-state index contributed by atoms with van der Waals surface area (Å²) in [6.07, 6.45) is 21.3. The molecule has 1 heterocycles. The molecule has 6 heteroatoms. The first-order valence-electron chi connectivity index (χ1n) is 17.7. The molecular weight excluding hydrogens is 788 g/mol. The van der Waals surface area contributed by atoms with Crippen LogP contribution in [0.15, 0.2) is 33.5 Å². The van der Waals surface area contributed by atoms with Gasteiger partial charge < -0.3 is 0 Å². The third-order valence-electron chi connectivity index (χ3n) is 11.6. The standard InChI is InChI=1S/C39H55Br2N2P.Ru/c1-26-22-28(3)35(29(4)23-26)42-37(40)38(41)43(36-30(5)24-27(2)25-31(36)6)39(42)44(32-16-10-7-11-17-32,33-18-12-8-13-19-33)34-20-14-9-15-21-34;/h22-25,32-34H,7-21H2,1-6H3;. The zero-order valence-electron chi connectivity index (χ0n) is 28.6. The fourth-order valence-corrected chi connectivity index (χ4v) is 19.0. The molecule has 1 aromatic heterocycles. The molecule has 0 spiro atoms. The van der Waals surface area contributed by atoms with Crippen molar-refractivity contribution in [2.24, 2.45) is 0 Å². The van der Waals surface area contributed by atoms with Gasteiger partial charge in [0.05, 0.1) is 11.4 Å². The molecular formula is C39H55Br2N2PRu. The van der Waals surface area contributed by atoms with Gasteiger partial charge in [0.1, 0.15) is 14.4 Å². The van der Waals surface area contributed by atoms with Crippen molar-refractivity contribution in [2.75, 3.05) is 0 Å². The Bertz CT molecular complexity index is 1430. The fraction of sp³-hybridized carbons (Fsp3) is 0.615. The molecule has 0 amide bonds. The van der Waals surface area contributed by atoms with Crippen LogP contribution in [0.5, 0.6) is 0 Å². The van der Waals surface area contributed by atoms with Crippen LogP contribution < -0.4 is 0 Å². The van der Waals surface area contributed by atoms with E-state index in [9.17, 15) is 0 Å². The van der Waals surface area contributed by atoms with Crippen molar-refractivity contribution in [3.8, 4) is 11.4 Å². The third kappa shape index (κ3) is 6.54. The molecule has 0 unspecified atom stereocenters. The summed E-state index contributed by atoms with van der Waals surface area (Å²) in [6, 6.07) is 9.67. The average Bonchev–Trinajstić information content (AvgIpc) is 3.24. The van der Waals surface area contributed by atoms with E-state index in [-0.39, 0.29) is 19.5 Å². The van der Waals surface area contributed by atoms with Crippen molar-refractivity contribution in [3.63, 3.8) is 0 Å². The summed E-state index contributed by atoms with van der Waals surface area (Å²) in [5.41, 5.74) is 13.6. The zero-order valence-corrected chi connectivity index (χ0v) is 34.4. The van der Waals surface area contributed by atoms with Crippen LogP contribution in [0.2, 0.25) is 0 Å². The minimum absolute atomic E-state index is 0. The Morgan fingerprint density at radius 3 is 1.02 bits per heavy atom. The molecule has 3 aliphatic rings. The Morgan fingerprint density at radius 1 is 0.489 bits per heavy atom. The van der Waals surface area contributed by atoms with Gasteiger partial charge in [-0.2, -0.15) is 0 Å². The molecule has 6 rings (SSSR count). The SMILES string of the molecule is Cc1cc(C)c(-n2c(Br)c(Br)n(-c3c(C)cc(C)cc3C)c2=P(C2CCCCC2)(C2CCCCC2)C2CCCCC2)c(C)c1.[Ru]. The summed E-state index contributed by atoms with van der Waals surface area (Å²) < 4.78 is 7.99. The number of halogens is 2. The first-order valence-corrected chi connectivity index (χ1v) is 21.3. The van der Waals surface area contributed by atoms with Crippen LogP contribution in [0.1, 0.15) is 130 Å². The Balaban J connectivity index is 0.00000400. The Kier molecular flexibility index (Phi) is 12.0. The number of aromatic nitrogens is 2. The Hall–Kier alpha value is -0.337. The van der Waals surface area contributed by atoms with Gasteiger partial charge in [-0.1, -0.05) is 100 Å². The van der Waals surface area contributed by atoms with E-state index in [0.29, 0.717) is 0 Å². The molecule has 0 saturated heterocycles. The maximum absolute atomic E-state index is 4.31. The number of rotatable bonds is 5. The summed E-state index contributed by atoms with van der Waals surface area (Å²) in [5.74, 6) is 0. The number of benzene rings is 2. The van der Waals surface area contributed by atoms with Gasteiger partial charge in [0.15, 0.2) is 0 Å². The predicted octanol–water partition coefficient (Wildman–Crippen LogP) is 13.2. The van der Waals surface area contributed by atoms with Gasteiger partial charge in [0, 0.05) is 19.5 Å². The number of hydrogen-bond donors (Lipinski definition) is 0. The van der Waals surface area contributed by atoms with Crippen LogP contribution in [0.4, 0.5) is 0 Å². The van der Waals surface area contributed by atoms with Crippen LogP contribution in [0.3, 0.4) is 0 Å². The summed E-state index contributed by atoms with van der Waals surface area (Å²) >= 11 is 8.63. The number of nitrogens with zero attached hydrogens (tertiary/aromatic N) is 2. The fourth-order valence-electron chi connectivity index (χ4n) is 10.2. The summed E-state index contributed by atoms with van der Waals surface area (Å²) in [6.45, 7) is 12.2. The second-order valence-electron chi connectivity index (χ2n) is 14.8. The quantitative estimate of drug-likeness (QED) is 0.179.